The molecule has 4 rings (SSSR count). The van der Waals surface area contributed by atoms with Crippen molar-refractivity contribution in [1.82, 2.24) is 0 Å². The smallest absolute Gasteiger partial charge is 0.0249 e. The van der Waals surface area contributed by atoms with Crippen LogP contribution in [0.15, 0.2) is 36.4 Å². The summed E-state index contributed by atoms with van der Waals surface area (Å²) in [6, 6.07) is 9.14. The van der Waals surface area contributed by atoms with E-state index in [-0.39, 0.29) is 0 Å². The zero-order valence-corrected chi connectivity index (χ0v) is 20.8. The van der Waals surface area contributed by atoms with Crippen LogP contribution >= 0.6 is 0 Å². The molecule has 0 N–H and O–H groups in total. The Morgan fingerprint density at radius 2 is 1.22 bits per heavy atom. The van der Waals surface area contributed by atoms with Gasteiger partial charge in [0.25, 0.3) is 0 Å². The second kappa shape index (κ2) is 12.1. The number of rotatable bonds is 5. The molecule has 0 saturated heterocycles. The number of allylic oxidation sites excluding steroid dienone is 2. The van der Waals surface area contributed by atoms with Gasteiger partial charge in [-0.05, 0) is 123 Å². The van der Waals surface area contributed by atoms with Crippen molar-refractivity contribution in [1.29, 1.82) is 0 Å². The molecular weight excluding hydrogens is 384 g/mol. The summed E-state index contributed by atoms with van der Waals surface area (Å²) in [7, 11) is 0. The molecule has 3 fully saturated rings. The van der Waals surface area contributed by atoms with E-state index in [2.05, 4.69) is 62.1 Å². The molecule has 3 aliphatic rings. The lowest BCUT2D eigenvalue weighted by Gasteiger charge is -2.37. The minimum atomic E-state index is 0.758. The van der Waals surface area contributed by atoms with Crippen molar-refractivity contribution in [3.63, 3.8) is 0 Å². The monoisotopic (exact) mass is 430 g/mol. The molecule has 0 nitrogen and oxygen atoms in total. The largest absolute Gasteiger partial charge is 0.0730 e. The Balaban J connectivity index is 1.19. The average molecular weight is 431 g/mol. The predicted octanol–water partition coefficient (Wildman–Crippen LogP) is 9.30. The van der Waals surface area contributed by atoms with Crippen LogP contribution in [0.5, 0.6) is 0 Å². The number of hydrogen-bond acceptors (Lipinski definition) is 0. The third kappa shape index (κ3) is 6.53. The predicted molar refractivity (Wildman–Crippen MR) is 139 cm³/mol. The van der Waals surface area contributed by atoms with E-state index in [1.807, 2.05) is 0 Å². The van der Waals surface area contributed by atoms with Gasteiger partial charge in [0.2, 0.25) is 0 Å². The molecule has 0 aliphatic heterocycles. The highest BCUT2D eigenvalue weighted by molar-refractivity contribution is 5.39. The van der Waals surface area contributed by atoms with Crippen LogP contribution in [0.4, 0.5) is 0 Å². The van der Waals surface area contributed by atoms with Gasteiger partial charge in [-0.1, -0.05) is 69.6 Å². The van der Waals surface area contributed by atoms with E-state index in [4.69, 9.17) is 0 Å². The fraction of sp³-hybridized carbons (Fsp3) is 0.688. The lowest BCUT2D eigenvalue weighted by molar-refractivity contribution is 0.154. The highest BCUT2D eigenvalue weighted by atomic mass is 14.3. The zero-order valence-electron chi connectivity index (χ0n) is 20.8. The quantitative estimate of drug-likeness (QED) is 0.408. The first-order chi connectivity index (χ1) is 15.7. The van der Waals surface area contributed by atoms with Crippen LogP contribution in [-0.4, -0.2) is 0 Å². The Morgan fingerprint density at radius 1 is 0.688 bits per heavy atom. The summed E-state index contributed by atoms with van der Waals surface area (Å²) >= 11 is 0. The molecule has 0 aromatic heterocycles. The van der Waals surface area contributed by atoms with Gasteiger partial charge in [0, 0.05) is 5.56 Å². The zero-order chi connectivity index (χ0) is 22.2. The molecule has 0 unspecified atom stereocenters. The lowest BCUT2D eigenvalue weighted by Crippen LogP contribution is -2.25. The molecule has 0 spiro atoms. The van der Waals surface area contributed by atoms with Crippen LogP contribution < -0.4 is 0 Å². The standard InChI is InChI=1S/C32H46/c1-3-25-9-17-29(18-10-25)31-21-13-27(14-22-31)7-5-6-8-28-15-23-32(24-16-28)30-19-11-26(4-2)12-20-30/h5,7,15-16,23-27,29-31H,3-4,9-14,17-22H2,1-2H3/t25-,26-,27-,29-,30-,31-. The number of benzene rings is 1. The van der Waals surface area contributed by atoms with Crippen LogP contribution in [0.2, 0.25) is 0 Å². The van der Waals surface area contributed by atoms with Crippen LogP contribution in [0, 0.1) is 41.4 Å². The maximum atomic E-state index is 3.36. The molecule has 1 aromatic carbocycles. The summed E-state index contributed by atoms with van der Waals surface area (Å²) in [5, 5.41) is 0. The van der Waals surface area contributed by atoms with E-state index in [9.17, 15) is 0 Å². The van der Waals surface area contributed by atoms with Gasteiger partial charge in [-0.2, -0.15) is 0 Å². The molecule has 0 heteroatoms. The Morgan fingerprint density at radius 3 is 1.78 bits per heavy atom. The van der Waals surface area contributed by atoms with Crippen molar-refractivity contribution in [3.05, 3.63) is 47.5 Å². The first-order valence-electron chi connectivity index (χ1n) is 14.0. The average Bonchev–Trinajstić information content (AvgIpc) is 2.87. The lowest BCUT2D eigenvalue weighted by atomic mass is 9.69. The molecule has 0 heterocycles. The fourth-order valence-electron chi connectivity index (χ4n) is 6.93. The summed E-state index contributed by atoms with van der Waals surface area (Å²) in [6.45, 7) is 4.72. The maximum absolute atomic E-state index is 3.36. The third-order valence-electron chi connectivity index (χ3n) is 9.43. The van der Waals surface area contributed by atoms with Crippen LogP contribution in [0.1, 0.15) is 121 Å². The molecule has 32 heavy (non-hydrogen) atoms. The van der Waals surface area contributed by atoms with Crippen LogP contribution in [0.3, 0.4) is 0 Å². The molecule has 0 atom stereocenters. The van der Waals surface area contributed by atoms with Crippen molar-refractivity contribution >= 4 is 0 Å². The molecule has 174 valence electrons. The van der Waals surface area contributed by atoms with Gasteiger partial charge < -0.3 is 0 Å². The highest BCUT2D eigenvalue weighted by Gasteiger charge is 2.29. The second-order valence-electron chi connectivity index (χ2n) is 11.2. The minimum Gasteiger partial charge on any atom is -0.0730 e. The van der Waals surface area contributed by atoms with Gasteiger partial charge in [-0.3, -0.25) is 0 Å². The van der Waals surface area contributed by atoms with Crippen molar-refractivity contribution in [3.8, 4) is 11.8 Å². The van der Waals surface area contributed by atoms with Crippen LogP contribution in [0.25, 0.3) is 0 Å². The van der Waals surface area contributed by atoms with E-state index in [1.54, 1.807) is 0 Å². The topological polar surface area (TPSA) is 0 Å². The van der Waals surface area contributed by atoms with Crippen molar-refractivity contribution in [2.24, 2.45) is 29.6 Å². The first-order valence-corrected chi connectivity index (χ1v) is 14.0. The van der Waals surface area contributed by atoms with E-state index < -0.39 is 0 Å². The molecular formula is C32H46. The molecule has 1 aromatic rings. The Hall–Kier alpha value is -1.48. The van der Waals surface area contributed by atoms with Crippen molar-refractivity contribution in [2.75, 3.05) is 0 Å². The van der Waals surface area contributed by atoms with Gasteiger partial charge in [-0.15, -0.1) is 0 Å². The summed E-state index contributed by atoms with van der Waals surface area (Å²) in [5.41, 5.74) is 2.69. The van der Waals surface area contributed by atoms with Gasteiger partial charge in [-0.25, -0.2) is 0 Å². The van der Waals surface area contributed by atoms with E-state index in [0.29, 0.717) is 0 Å². The second-order valence-corrected chi connectivity index (χ2v) is 11.2. The normalized spacial score (nSPS) is 33.6. The van der Waals surface area contributed by atoms with Crippen molar-refractivity contribution in [2.45, 2.75) is 110 Å². The summed E-state index contributed by atoms with van der Waals surface area (Å²) < 4.78 is 0. The molecule has 3 aliphatic carbocycles. The van der Waals surface area contributed by atoms with Gasteiger partial charge >= 0.3 is 0 Å². The Bertz CT molecular complexity index is 748. The van der Waals surface area contributed by atoms with Gasteiger partial charge in [0.15, 0.2) is 0 Å². The Kier molecular flexibility index (Phi) is 8.96. The van der Waals surface area contributed by atoms with E-state index >= 15 is 0 Å². The van der Waals surface area contributed by atoms with E-state index in [0.717, 1.165) is 41.1 Å². The fourth-order valence-corrected chi connectivity index (χ4v) is 6.93. The minimum absolute atomic E-state index is 0.758. The van der Waals surface area contributed by atoms with Gasteiger partial charge in [0.05, 0.1) is 0 Å². The van der Waals surface area contributed by atoms with Crippen molar-refractivity contribution < 1.29 is 0 Å². The Labute approximate surface area is 198 Å². The third-order valence-corrected chi connectivity index (χ3v) is 9.43. The highest BCUT2D eigenvalue weighted by Crippen LogP contribution is 2.42. The molecule has 0 radical (unpaired) electrons. The SMILES string of the molecule is CC[C@H]1CC[C@H](c2ccc(C#CC=C[C@H]3CC[C@H]([C@H]4CC[C@H](CC)CC4)CC3)cc2)CC1. The number of hydrogen-bond donors (Lipinski definition) is 0. The van der Waals surface area contributed by atoms with Gasteiger partial charge in [0.1, 0.15) is 0 Å². The summed E-state index contributed by atoms with van der Waals surface area (Å²) in [5.74, 6) is 12.3. The maximum Gasteiger partial charge on any atom is 0.0249 e. The van der Waals surface area contributed by atoms with Crippen LogP contribution in [-0.2, 0) is 0 Å². The summed E-state index contributed by atoms with van der Waals surface area (Å²) in [4.78, 5) is 0. The molecule has 0 bridgehead atoms. The molecule has 0 amide bonds. The summed E-state index contributed by atoms with van der Waals surface area (Å²) in [6.07, 6.45) is 24.5. The molecule has 3 saturated carbocycles. The first kappa shape index (κ1) is 23.7. The van der Waals surface area contributed by atoms with E-state index in [1.165, 1.54) is 95.5 Å².